The Kier molecular flexibility index (Phi) is 4.63. The zero-order valence-electron chi connectivity index (χ0n) is 15.1. The molecule has 0 radical (unpaired) electrons. The van der Waals surface area contributed by atoms with Crippen LogP contribution in [0.5, 0.6) is 0 Å². The SMILES string of the molecule is CCN(O)Cc1nnc2n1-c1ccc([N+](=O)[O-])cc1C(c1ccccn1)=NC2. The van der Waals surface area contributed by atoms with Gasteiger partial charge in [0.15, 0.2) is 11.6 Å². The molecule has 1 N–H and O–H groups in total. The Hall–Kier alpha value is -3.50. The number of nitro benzene ring substituents is 1. The van der Waals surface area contributed by atoms with Gasteiger partial charge in [0.2, 0.25) is 0 Å². The number of rotatable bonds is 5. The molecule has 0 unspecified atom stereocenters. The van der Waals surface area contributed by atoms with Gasteiger partial charge in [-0.25, -0.2) is 0 Å². The number of hydroxylamine groups is 2. The molecule has 0 saturated carbocycles. The molecule has 28 heavy (non-hydrogen) atoms. The monoisotopic (exact) mass is 379 g/mol. The van der Waals surface area contributed by atoms with Crippen molar-refractivity contribution in [2.45, 2.75) is 20.0 Å². The molecule has 1 aliphatic rings. The summed E-state index contributed by atoms with van der Waals surface area (Å²) >= 11 is 0. The molecule has 0 saturated heterocycles. The number of aromatic nitrogens is 4. The number of pyridine rings is 1. The Morgan fingerprint density at radius 2 is 2.14 bits per heavy atom. The summed E-state index contributed by atoms with van der Waals surface area (Å²) in [4.78, 5) is 19.9. The number of non-ortho nitro benzene ring substituents is 1. The highest BCUT2D eigenvalue weighted by Gasteiger charge is 2.25. The maximum atomic E-state index is 11.3. The van der Waals surface area contributed by atoms with Gasteiger partial charge < -0.3 is 5.21 Å². The van der Waals surface area contributed by atoms with Crippen LogP contribution >= 0.6 is 0 Å². The zero-order valence-corrected chi connectivity index (χ0v) is 15.1. The highest BCUT2D eigenvalue weighted by Crippen LogP contribution is 2.28. The van der Waals surface area contributed by atoms with Crippen LogP contribution in [0.15, 0.2) is 47.6 Å². The number of fused-ring (bicyclic) bond motifs is 3. The van der Waals surface area contributed by atoms with Crippen molar-refractivity contribution in [1.82, 2.24) is 24.8 Å². The van der Waals surface area contributed by atoms with Crippen LogP contribution < -0.4 is 0 Å². The second-order valence-electron chi connectivity index (χ2n) is 6.19. The van der Waals surface area contributed by atoms with Crippen LogP contribution in [-0.2, 0) is 13.1 Å². The highest BCUT2D eigenvalue weighted by molar-refractivity contribution is 6.14. The summed E-state index contributed by atoms with van der Waals surface area (Å²) in [6, 6.07) is 10.0. The Morgan fingerprint density at radius 1 is 1.29 bits per heavy atom. The third-order valence-electron chi connectivity index (χ3n) is 4.46. The minimum Gasteiger partial charge on any atom is -0.314 e. The fourth-order valence-electron chi connectivity index (χ4n) is 3.09. The standard InChI is InChI=1S/C18H17N7O3/c1-2-23(26)11-17-22-21-16-10-20-18(14-5-3-4-8-19-14)13-9-12(25(27)28)6-7-15(13)24(16)17/h3-9,26H,2,10-11H2,1H3. The lowest BCUT2D eigenvalue weighted by atomic mass is 10.0. The van der Waals surface area contributed by atoms with Crippen LogP contribution in [0.4, 0.5) is 5.69 Å². The molecule has 4 rings (SSSR count). The third-order valence-corrected chi connectivity index (χ3v) is 4.46. The van der Waals surface area contributed by atoms with Gasteiger partial charge in [-0.1, -0.05) is 13.0 Å². The molecule has 0 amide bonds. The van der Waals surface area contributed by atoms with Crippen LogP contribution in [0.3, 0.4) is 0 Å². The molecule has 0 spiro atoms. The van der Waals surface area contributed by atoms with Crippen LogP contribution in [0.25, 0.3) is 5.69 Å². The molecule has 0 bridgehead atoms. The summed E-state index contributed by atoms with van der Waals surface area (Å²) in [5, 5.41) is 30.8. The van der Waals surface area contributed by atoms with Crippen molar-refractivity contribution < 1.29 is 10.1 Å². The summed E-state index contributed by atoms with van der Waals surface area (Å²) in [7, 11) is 0. The number of aliphatic imine (C=N–C) groups is 1. The van der Waals surface area contributed by atoms with Gasteiger partial charge in [0.1, 0.15) is 6.54 Å². The van der Waals surface area contributed by atoms with Crippen LogP contribution in [-0.4, -0.2) is 47.2 Å². The van der Waals surface area contributed by atoms with E-state index in [0.29, 0.717) is 40.9 Å². The molecular weight excluding hydrogens is 362 g/mol. The summed E-state index contributed by atoms with van der Waals surface area (Å²) in [6.07, 6.45) is 1.65. The lowest BCUT2D eigenvalue weighted by Crippen LogP contribution is -2.21. The van der Waals surface area contributed by atoms with E-state index in [4.69, 9.17) is 0 Å². The van der Waals surface area contributed by atoms with Gasteiger partial charge in [-0.3, -0.25) is 24.7 Å². The Balaban J connectivity index is 1.93. The first-order valence-electron chi connectivity index (χ1n) is 8.70. The van der Waals surface area contributed by atoms with E-state index in [2.05, 4.69) is 20.2 Å². The number of hydrogen-bond donors (Lipinski definition) is 1. The molecule has 10 heteroatoms. The minimum atomic E-state index is -0.443. The zero-order chi connectivity index (χ0) is 19.7. The quantitative estimate of drug-likeness (QED) is 0.532. The van der Waals surface area contributed by atoms with Crippen molar-refractivity contribution in [2.75, 3.05) is 6.54 Å². The lowest BCUT2D eigenvalue weighted by molar-refractivity contribution is -0.384. The van der Waals surface area contributed by atoms with Gasteiger partial charge >= 0.3 is 0 Å². The van der Waals surface area contributed by atoms with Crippen molar-refractivity contribution in [3.8, 4) is 5.69 Å². The Labute approximate surface area is 159 Å². The molecule has 3 aromatic rings. The molecule has 2 aromatic heterocycles. The second-order valence-corrected chi connectivity index (χ2v) is 6.19. The lowest BCUT2D eigenvalue weighted by Gasteiger charge is -2.15. The summed E-state index contributed by atoms with van der Waals surface area (Å²) in [5.74, 6) is 1.10. The number of hydrogen-bond acceptors (Lipinski definition) is 8. The third kappa shape index (κ3) is 3.15. The van der Waals surface area contributed by atoms with Crippen molar-refractivity contribution >= 4 is 11.4 Å². The molecule has 1 aliphatic heterocycles. The predicted octanol–water partition coefficient (Wildman–Crippen LogP) is 2.13. The van der Waals surface area contributed by atoms with Crippen molar-refractivity contribution in [3.05, 3.63) is 75.6 Å². The Morgan fingerprint density at radius 3 is 2.86 bits per heavy atom. The summed E-state index contributed by atoms with van der Waals surface area (Å²) < 4.78 is 1.79. The van der Waals surface area contributed by atoms with Crippen molar-refractivity contribution in [1.29, 1.82) is 0 Å². The van der Waals surface area contributed by atoms with Crippen LogP contribution in [0.2, 0.25) is 0 Å². The predicted molar refractivity (Wildman–Crippen MR) is 99.5 cm³/mol. The van der Waals surface area contributed by atoms with Crippen molar-refractivity contribution in [3.63, 3.8) is 0 Å². The van der Waals surface area contributed by atoms with Crippen molar-refractivity contribution in [2.24, 2.45) is 4.99 Å². The summed E-state index contributed by atoms with van der Waals surface area (Å²) in [5.41, 5.74) is 2.34. The van der Waals surface area contributed by atoms with E-state index in [0.717, 1.165) is 5.06 Å². The smallest absolute Gasteiger partial charge is 0.270 e. The largest absolute Gasteiger partial charge is 0.314 e. The first-order valence-corrected chi connectivity index (χ1v) is 8.70. The average molecular weight is 379 g/mol. The first-order chi connectivity index (χ1) is 13.6. The van der Waals surface area contributed by atoms with Gasteiger partial charge in [-0.2, -0.15) is 5.06 Å². The van der Waals surface area contributed by atoms with E-state index in [1.807, 2.05) is 13.0 Å². The van der Waals surface area contributed by atoms with Gasteiger partial charge in [0.25, 0.3) is 5.69 Å². The molecular formula is C18H17N7O3. The Bertz CT molecular complexity index is 1060. The second kappa shape index (κ2) is 7.25. The van der Waals surface area contributed by atoms with E-state index < -0.39 is 4.92 Å². The van der Waals surface area contributed by atoms with E-state index in [-0.39, 0.29) is 18.8 Å². The molecule has 10 nitrogen and oxygen atoms in total. The molecule has 0 atom stereocenters. The number of nitrogens with zero attached hydrogens (tertiary/aromatic N) is 7. The van der Waals surface area contributed by atoms with E-state index >= 15 is 0 Å². The minimum absolute atomic E-state index is 0.0437. The van der Waals surface area contributed by atoms with E-state index in [9.17, 15) is 15.3 Å². The average Bonchev–Trinajstić information content (AvgIpc) is 3.02. The molecule has 1 aromatic carbocycles. The van der Waals surface area contributed by atoms with E-state index in [1.165, 1.54) is 12.1 Å². The first kappa shape index (κ1) is 17.9. The maximum Gasteiger partial charge on any atom is 0.270 e. The van der Waals surface area contributed by atoms with Gasteiger partial charge in [0.05, 0.1) is 28.6 Å². The van der Waals surface area contributed by atoms with Gasteiger partial charge in [-0.05, 0) is 18.2 Å². The molecule has 0 aliphatic carbocycles. The molecule has 3 heterocycles. The number of benzene rings is 1. The number of nitro groups is 1. The summed E-state index contributed by atoms with van der Waals surface area (Å²) in [6.45, 7) is 2.64. The normalized spacial score (nSPS) is 12.9. The topological polar surface area (TPSA) is 123 Å². The molecule has 0 fully saturated rings. The maximum absolute atomic E-state index is 11.3. The van der Waals surface area contributed by atoms with Gasteiger partial charge in [0, 0.05) is 30.4 Å². The fraction of sp³-hybridized carbons (Fsp3) is 0.222. The van der Waals surface area contributed by atoms with Gasteiger partial charge in [-0.15, -0.1) is 10.2 Å². The van der Waals surface area contributed by atoms with E-state index in [1.54, 1.807) is 29.0 Å². The fourth-order valence-corrected chi connectivity index (χ4v) is 3.09. The van der Waals surface area contributed by atoms with Crippen LogP contribution in [0, 0.1) is 10.1 Å². The van der Waals surface area contributed by atoms with Crippen LogP contribution in [0.1, 0.15) is 29.8 Å². The highest BCUT2D eigenvalue weighted by atomic mass is 16.6. The molecule has 142 valence electrons.